The fourth-order valence-corrected chi connectivity index (χ4v) is 2.97. The molecule has 0 saturated carbocycles. The molecule has 23 heavy (non-hydrogen) atoms. The van der Waals surface area contributed by atoms with E-state index in [4.69, 9.17) is 5.11 Å². The van der Waals surface area contributed by atoms with Crippen LogP contribution in [0.15, 0.2) is 0 Å². The molecule has 2 fully saturated rings. The van der Waals surface area contributed by atoms with Crippen LogP contribution in [0.3, 0.4) is 0 Å². The lowest BCUT2D eigenvalue weighted by atomic mass is 9.98. The van der Waals surface area contributed by atoms with E-state index < -0.39 is 23.5 Å². The van der Waals surface area contributed by atoms with Gasteiger partial charge in [0.2, 0.25) is 5.91 Å². The summed E-state index contributed by atoms with van der Waals surface area (Å²) in [5, 5.41) is 11.6. The fourth-order valence-electron chi connectivity index (χ4n) is 2.97. The quantitative estimate of drug-likeness (QED) is 0.712. The van der Waals surface area contributed by atoms with E-state index in [2.05, 4.69) is 5.32 Å². The summed E-state index contributed by atoms with van der Waals surface area (Å²) in [7, 11) is 0. The SMILES string of the molecule is CC1(C)NC(=O)N(CCCC(=O)N2CCCC(C(=O)O)C2)C1=O. The lowest BCUT2D eigenvalue weighted by Crippen LogP contribution is -2.42. The molecule has 2 N–H and O–H groups in total. The summed E-state index contributed by atoms with van der Waals surface area (Å²) in [5.41, 5.74) is -0.900. The molecule has 4 amide bonds. The Morgan fingerprint density at radius 3 is 2.61 bits per heavy atom. The molecule has 0 radical (unpaired) electrons. The van der Waals surface area contributed by atoms with Crippen LogP contribution in [-0.4, -0.2) is 63.9 Å². The number of urea groups is 1. The topological polar surface area (TPSA) is 107 Å². The van der Waals surface area contributed by atoms with Crippen molar-refractivity contribution < 1.29 is 24.3 Å². The molecule has 0 spiro atoms. The number of nitrogens with one attached hydrogen (secondary N) is 1. The van der Waals surface area contributed by atoms with Gasteiger partial charge in [0, 0.05) is 26.1 Å². The molecule has 128 valence electrons. The van der Waals surface area contributed by atoms with Crippen LogP contribution in [0, 0.1) is 5.92 Å². The number of piperidine rings is 1. The summed E-state index contributed by atoms with van der Waals surface area (Å²) in [6, 6.07) is -0.434. The van der Waals surface area contributed by atoms with E-state index in [9.17, 15) is 19.2 Å². The zero-order valence-corrected chi connectivity index (χ0v) is 13.5. The molecule has 1 atom stereocenters. The number of imide groups is 1. The Morgan fingerprint density at radius 1 is 1.35 bits per heavy atom. The van der Waals surface area contributed by atoms with Crippen molar-refractivity contribution in [3.63, 3.8) is 0 Å². The molecule has 0 aromatic heterocycles. The maximum Gasteiger partial charge on any atom is 0.325 e. The van der Waals surface area contributed by atoms with Crippen molar-refractivity contribution in [3.05, 3.63) is 0 Å². The third kappa shape index (κ3) is 3.80. The summed E-state index contributed by atoms with van der Waals surface area (Å²) in [4.78, 5) is 49.6. The first-order valence-corrected chi connectivity index (χ1v) is 7.87. The number of carboxylic acids is 1. The highest BCUT2D eigenvalue weighted by atomic mass is 16.4. The average Bonchev–Trinajstić information content (AvgIpc) is 2.68. The van der Waals surface area contributed by atoms with Gasteiger partial charge in [0.25, 0.3) is 5.91 Å². The third-order valence-electron chi connectivity index (χ3n) is 4.34. The largest absolute Gasteiger partial charge is 0.481 e. The van der Waals surface area contributed by atoms with Crippen molar-refractivity contribution in [2.24, 2.45) is 5.92 Å². The number of carboxylic acid groups (broad SMARTS) is 1. The van der Waals surface area contributed by atoms with Crippen molar-refractivity contribution in [1.82, 2.24) is 15.1 Å². The predicted molar refractivity (Wildman–Crippen MR) is 80.5 cm³/mol. The highest BCUT2D eigenvalue weighted by Gasteiger charge is 2.43. The molecule has 0 bridgehead atoms. The molecule has 2 aliphatic rings. The number of amides is 4. The van der Waals surface area contributed by atoms with Crippen LogP contribution in [0.25, 0.3) is 0 Å². The van der Waals surface area contributed by atoms with Gasteiger partial charge >= 0.3 is 12.0 Å². The Kier molecular flexibility index (Phi) is 4.91. The van der Waals surface area contributed by atoms with Gasteiger partial charge in [-0.15, -0.1) is 0 Å². The van der Waals surface area contributed by atoms with Crippen LogP contribution in [0.4, 0.5) is 4.79 Å². The molecule has 1 unspecified atom stereocenters. The summed E-state index contributed by atoms with van der Waals surface area (Å²) in [5.74, 6) is -1.79. The van der Waals surface area contributed by atoms with E-state index >= 15 is 0 Å². The van der Waals surface area contributed by atoms with Crippen LogP contribution < -0.4 is 5.32 Å². The monoisotopic (exact) mass is 325 g/mol. The minimum Gasteiger partial charge on any atom is -0.481 e. The van der Waals surface area contributed by atoms with E-state index in [1.807, 2.05) is 0 Å². The second-order valence-electron chi connectivity index (χ2n) is 6.63. The van der Waals surface area contributed by atoms with Gasteiger partial charge in [-0.1, -0.05) is 0 Å². The van der Waals surface area contributed by atoms with Gasteiger partial charge in [-0.3, -0.25) is 19.3 Å². The van der Waals surface area contributed by atoms with Crippen molar-refractivity contribution in [3.8, 4) is 0 Å². The van der Waals surface area contributed by atoms with Crippen LogP contribution in [0.2, 0.25) is 0 Å². The van der Waals surface area contributed by atoms with Gasteiger partial charge < -0.3 is 15.3 Å². The molecule has 2 heterocycles. The van der Waals surface area contributed by atoms with Gasteiger partial charge in [0.05, 0.1) is 5.92 Å². The van der Waals surface area contributed by atoms with E-state index in [0.717, 1.165) is 4.90 Å². The number of nitrogens with zero attached hydrogens (tertiary/aromatic N) is 2. The van der Waals surface area contributed by atoms with Crippen LogP contribution >= 0.6 is 0 Å². The van der Waals surface area contributed by atoms with E-state index in [-0.39, 0.29) is 31.3 Å². The lowest BCUT2D eigenvalue weighted by molar-refractivity contribution is -0.145. The summed E-state index contributed by atoms with van der Waals surface area (Å²) in [6.45, 7) is 4.27. The number of hydrogen-bond donors (Lipinski definition) is 2. The maximum absolute atomic E-state index is 12.2. The Hall–Kier alpha value is -2.12. The number of hydrogen-bond acceptors (Lipinski definition) is 4. The highest BCUT2D eigenvalue weighted by molar-refractivity contribution is 6.06. The minimum absolute atomic E-state index is 0.123. The lowest BCUT2D eigenvalue weighted by Gasteiger charge is -2.30. The molecule has 8 nitrogen and oxygen atoms in total. The van der Waals surface area contributed by atoms with E-state index in [0.29, 0.717) is 25.8 Å². The van der Waals surface area contributed by atoms with E-state index in [1.54, 1.807) is 18.7 Å². The van der Waals surface area contributed by atoms with Gasteiger partial charge in [-0.25, -0.2) is 4.79 Å². The standard InChI is InChI=1S/C15H23N3O5/c1-15(2)13(22)18(14(23)16-15)8-4-6-11(19)17-7-3-5-10(9-17)12(20)21/h10H,3-9H2,1-2H3,(H,16,23)(H,20,21). The van der Waals surface area contributed by atoms with Gasteiger partial charge in [-0.05, 0) is 33.1 Å². The third-order valence-corrected chi connectivity index (χ3v) is 4.34. The first-order chi connectivity index (χ1) is 10.7. The van der Waals surface area contributed by atoms with Crippen LogP contribution in [-0.2, 0) is 14.4 Å². The summed E-state index contributed by atoms with van der Waals surface area (Å²) >= 11 is 0. The Morgan fingerprint density at radius 2 is 2.04 bits per heavy atom. The summed E-state index contributed by atoms with van der Waals surface area (Å²) < 4.78 is 0. The second kappa shape index (κ2) is 6.55. The second-order valence-corrected chi connectivity index (χ2v) is 6.63. The predicted octanol–water partition coefficient (Wildman–Crippen LogP) is 0.420. The van der Waals surface area contributed by atoms with Crippen molar-refractivity contribution in [2.75, 3.05) is 19.6 Å². The van der Waals surface area contributed by atoms with Gasteiger partial charge in [-0.2, -0.15) is 0 Å². The zero-order chi connectivity index (χ0) is 17.2. The van der Waals surface area contributed by atoms with Crippen molar-refractivity contribution >= 4 is 23.8 Å². The molecule has 8 heteroatoms. The molecular weight excluding hydrogens is 302 g/mol. The van der Waals surface area contributed by atoms with Crippen molar-refractivity contribution in [2.45, 2.75) is 45.1 Å². The normalized spacial score (nSPS) is 23.8. The minimum atomic E-state index is -0.900. The fraction of sp³-hybridized carbons (Fsp3) is 0.733. The Balaban J connectivity index is 1.80. The Bertz CT molecular complexity index is 531. The molecule has 2 rings (SSSR count). The Labute approximate surface area is 134 Å². The molecular formula is C15H23N3O5. The maximum atomic E-state index is 12.2. The molecule has 2 aliphatic heterocycles. The number of carbonyl (C=O) groups excluding carboxylic acids is 3. The van der Waals surface area contributed by atoms with E-state index in [1.165, 1.54) is 0 Å². The molecule has 0 aromatic carbocycles. The first-order valence-electron chi connectivity index (χ1n) is 7.87. The number of carbonyl (C=O) groups is 4. The number of aliphatic carboxylic acids is 1. The first kappa shape index (κ1) is 17.2. The highest BCUT2D eigenvalue weighted by Crippen LogP contribution is 2.19. The number of likely N-dealkylation sites (tertiary alicyclic amines) is 1. The zero-order valence-electron chi connectivity index (χ0n) is 13.5. The number of rotatable bonds is 5. The molecule has 0 aromatic rings. The van der Waals surface area contributed by atoms with Gasteiger partial charge in [0.1, 0.15) is 5.54 Å². The van der Waals surface area contributed by atoms with Crippen LogP contribution in [0.1, 0.15) is 39.5 Å². The van der Waals surface area contributed by atoms with Crippen molar-refractivity contribution in [1.29, 1.82) is 0 Å². The molecule has 2 saturated heterocycles. The van der Waals surface area contributed by atoms with Crippen LogP contribution in [0.5, 0.6) is 0 Å². The average molecular weight is 325 g/mol. The smallest absolute Gasteiger partial charge is 0.325 e. The molecule has 0 aliphatic carbocycles. The van der Waals surface area contributed by atoms with Gasteiger partial charge in [0.15, 0.2) is 0 Å². The summed E-state index contributed by atoms with van der Waals surface area (Å²) in [6.07, 6.45) is 1.85.